The van der Waals surface area contributed by atoms with E-state index in [0.29, 0.717) is 0 Å². The minimum atomic E-state index is -0.0168. The molecule has 1 N–H and O–H groups in total. The van der Waals surface area contributed by atoms with Crippen molar-refractivity contribution in [1.82, 2.24) is 14.7 Å². The fourth-order valence-corrected chi connectivity index (χ4v) is 3.02. The zero-order valence-electron chi connectivity index (χ0n) is 13.6. The highest BCUT2D eigenvalue weighted by Crippen LogP contribution is 2.23. The second-order valence-corrected chi connectivity index (χ2v) is 6.90. The van der Waals surface area contributed by atoms with Crippen LogP contribution in [-0.2, 0) is 0 Å². The molecule has 0 unspecified atom stereocenters. The van der Waals surface area contributed by atoms with Gasteiger partial charge in [-0.2, -0.15) is 0 Å². The number of carbonyl (C=O) groups excluding carboxylic acids is 1. The molecule has 2 amide bonds. The van der Waals surface area contributed by atoms with Gasteiger partial charge in [-0.15, -0.1) is 0 Å². The van der Waals surface area contributed by atoms with Crippen LogP contribution in [0.3, 0.4) is 0 Å². The Morgan fingerprint density at radius 1 is 1.27 bits per heavy atom. The number of nitrogens with one attached hydrogen (secondary N) is 1. The number of hydrogen-bond acceptors (Lipinski definition) is 3. The van der Waals surface area contributed by atoms with Gasteiger partial charge in [0.1, 0.15) is 0 Å². The summed E-state index contributed by atoms with van der Waals surface area (Å²) in [5.74, 6) is 0. The van der Waals surface area contributed by atoms with Gasteiger partial charge in [-0.3, -0.25) is 4.90 Å². The molecule has 1 aliphatic heterocycles. The highest BCUT2D eigenvalue weighted by Gasteiger charge is 2.21. The van der Waals surface area contributed by atoms with E-state index < -0.39 is 0 Å². The van der Waals surface area contributed by atoms with Crippen LogP contribution in [0.15, 0.2) is 22.7 Å². The highest BCUT2D eigenvalue weighted by atomic mass is 79.9. The molecule has 0 aliphatic carbocycles. The van der Waals surface area contributed by atoms with E-state index >= 15 is 0 Å². The van der Waals surface area contributed by atoms with E-state index in [-0.39, 0.29) is 6.03 Å². The maximum Gasteiger partial charge on any atom is 0.321 e. The fourth-order valence-electron chi connectivity index (χ4n) is 2.43. The van der Waals surface area contributed by atoms with Crippen molar-refractivity contribution in [3.63, 3.8) is 0 Å². The lowest BCUT2D eigenvalue weighted by atomic mass is 10.2. The average Bonchev–Trinajstić information content (AvgIpc) is 2.48. The normalized spacial score (nSPS) is 16.1. The van der Waals surface area contributed by atoms with E-state index in [0.717, 1.165) is 49.4 Å². The number of carbonyl (C=O) groups is 1. The summed E-state index contributed by atoms with van der Waals surface area (Å²) in [6.07, 6.45) is 0. The molecule has 1 fully saturated rings. The van der Waals surface area contributed by atoms with E-state index in [1.54, 1.807) is 0 Å². The number of halogens is 1. The molecule has 0 spiro atoms. The van der Waals surface area contributed by atoms with Crippen molar-refractivity contribution in [2.75, 3.05) is 58.7 Å². The lowest BCUT2D eigenvalue weighted by Gasteiger charge is -2.35. The Hall–Kier alpha value is -1.11. The molecule has 0 radical (unpaired) electrons. The van der Waals surface area contributed by atoms with E-state index in [4.69, 9.17) is 0 Å². The van der Waals surface area contributed by atoms with Crippen LogP contribution in [0.1, 0.15) is 5.56 Å². The Morgan fingerprint density at radius 3 is 2.55 bits per heavy atom. The second-order valence-electron chi connectivity index (χ2n) is 6.05. The first-order valence-corrected chi connectivity index (χ1v) is 8.44. The Morgan fingerprint density at radius 2 is 1.95 bits per heavy atom. The zero-order valence-corrected chi connectivity index (χ0v) is 15.2. The number of likely N-dealkylation sites (N-methyl/N-ethyl adjacent to an activating group) is 1. The number of rotatable bonds is 4. The summed E-state index contributed by atoms with van der Waals surface area (Å²) in [5, 5.41) is 2.99. The van der Waals surface area contributed by atoms with E-state index in [1.807, 2.05) is 30.0 Å². The first kappa shape index (κ1) is 17.2. The van der Waals surface area contributed by atoms with E-state index in [2.05, 4.69) is 45.1 Å². The predicted octanol–water partition coefficient (Wildman–Crippen LogP) is 2.47. The molecule has 1 aromatic carbocycles. The molecule has 0 aromatic heterocycles. The number of piperazine rings is 1. The fraction of sp³-hybridized carbons (Fsp3) is 0.562. The standard InChI is InChI=1S/C16H25BrN4O/c1-13-4-5-15(14(17)12-13)18-16(22)21-10-8-20(9-11-21)7-6-19(2)3/h4-5,12H,6-11H2,1-3H3,(H,18,22). The largest absolute Gasteiger partial charge is 0.322 e. The average molecular weight is 369 g/mol. The topological polar surface area (TPSA) is 38.8 Å². The Bertz CT molecular complexity index is 513. The van der Waals surface area contributed by atoms with Crippen molar-refractivity contribution < 1.29 is 4.79 Å². The van der Waals surface area contributed by atoms with Crippen LogP contribution in [0.5, 0.6) is 0 Å². The van der Waals surface area contributed by atoms with Gasteiger partial charge in [0.2, 0.25) is 0 Å². The molecule has 0 bridgehead atoms. The van der Waals surface area contributed by atoms with Crippen LogP contribution >= 0.6 is 15.9 Å². The number of nitrogens with zero attached hydrogens (tertiary/aromatic N) is 3. The van der Waals surface area contributed by atoms with Crippen LogP contribution < -0.4 is 5.32 Å². The van der Waals surface area contributed by atoms with Gasteiger partial charge in [0.15, 0.2) is 0 Å². The van der Waals surface area contributed by atoms with Gasteiger partial charge in [-0.05, 0) is 54.6 Å². The Labute approximate surface area is 141 Å². The predicted molar refractivity (Wildman–Crippen MR) is 94.5 cm³/mol. The van der Waals surface area contributed by atoms with Gasteiger partial charge in [-0.25, -0.2) is 4.79 Å². The lowest BCUT2D eigenvalue weighted by Crippen LogP contribution is -2.51. The molecule has 1 aliphatic rings. The quantitative estimate of drug-likeness (QED) is 0.886. The molecule has 0 atom stereocenters. The third-order valence-electron chi connectivity index (χ3n) is 3.89. The molecule has 122 valence electrons. The van der Waals surface area contributed by atoms with Crippen molar-refractivity contribution >= 4 is 27.6 Å². The minimum Gasteiger partial charge on any atom is -0.322 e. The summed E-state index contributed by atoms with van der Waals surface area (Å²) < 4.78 is 0.922. The van der Waals surface area contributed by atoms with Crippen molar-refractivity contribution in [2.45, 2.75) is 6.92 Å². The first-order chi connectivity index (χ1) is 10.5. The summed E-state index contributed by atoms with van der Waals surface area (Å²) in [6.45, 7) is 7.59. The van der Waals surface area contributed by atoms with Crippen molar-refractivity contribution in [3.8, 4) is 0 Å². The maximum atomic E-state index is 12.3. The molecule has 1 saturated heterocycles. The van der Waals surface area contributed by atoms with Crippen LogP contribution in [0, 0.1) is 6.92 Å². The monoisotopic (exact) mass is 368 g/mol. The SMILES string of the molecule is Cc1ccc(NC(=O)N2CCN(CCN(C)C)CC2)c(Br)c1. The smallest absolute Gasteiger partial charge is 0.321 e. The highest BCUT2D eigenvalue weighted by molar-refractivity contribution is 9.10. The number of aryl methyl sites for hydroxylation is 1. The second kappa shape index (κ2) is 7.94. The first-order valence-electron chi connectivity index (χ1n) is 7.65. The van der Waals surface area contributed by atoms with Gasteiger partial charge in [0, 0.05) is 43.7 Å². The number of urea groups is 1. The van der Waals surface area contributed by atoms with Crippen LogP contribution in [0.4, 0.5) is 10.5 Å². The number of benzene rings is 1. The van der Waals surface area contributed by atoms with Gasteiger partial charge in [0.25, 0.3) is 0 Å². The summed E-state index contributed by atoms with van der Waals surface area (Å²) in [7, 11) is 4.17. The molecule has 22 heavy (non-hydrogen) atoms. The molecular weight excluding hydrogens is 344 g/mol. The number of anilines is 1. The zero-order chi connectivity index (χ0) is 16.1. The van der Waals surface area contributed by atoms with Crippen molar-refractivity contribution in [3.05, 3.63) is 28.2 Å². The van der Waals surface area contributed by atoms with Crippen molar-refractivity contribution in [1.29, 1.82) is 0 Å². The molecular formula is C16H25BrN4O. The molecule has 5 nitrogen and oxygen atoms in total. The molecule has 1 aromatic rings. The molecule has 1 heterocycles. The van der Waals surface area contributed by atoms with Gasteiger partial charge < -0.3 is 15.1 Å². The van der Waals surface area contributed by atoms with Crippen LogP contribution in [0.2, 0.25) is 0 Å². The molecule has 0 saturated carbocycles. The van der Waals surface area contributed by atoms with E-state index in [1.165, 1.54) is 5.56 Å². The molecule has 2 rings (SSSR count). The summed E-state index contributed by atoms with van der Waals surface area (Å²) in [5.41, 5.74) is 1.99. The van der Waals surface area contributed by atoms with Crippen molar-refractivity contribution in [2.24, 2.45) is 0 Å². The molecule has 6 heteroatoms. The summed E-state index contributed by atoms with van der Waals surface area (Å²) >= 11 is 3.50. The van der Waals surface area contributed by atoms with Crippen LogP contribution in [-0.4, -0.2) is 74.1 Å². The number of amides is 2. The van der Waals surface area contributed by atoms with E-state index in [9.17, 15) is 4.79 Å². The third kappa shape index (κ3) is 4.97. The Kier molecular flexibility index (Phi) is 6.23. The maximum absolute atomic E-state index is 12.3. The Balaban J connectivity index is 1.82. The van der Waals surface area contributed by atoms with Gasteiger partial charge >= 0.3 is 6.03 Å². The van der Waals surface area contributed by atoms with Crippen LogP contribution in [0.25, 0.3) is 0 Å². The van der Waals surface area contributed by atoms with Gasteiger partial charge in [0.05, 0.1) is 5.69 Å². The summed E-state index contributed by atoms with van der Waals surface area (Å²) in [6, 6.07) is 5.93. The third-order valence-corrected chi connectivity index (χ3v) is 4.55. The number of hydrogen-bond donors (Lipinski definition) is 1. The summed E-state index contributed by atoms with van der Waals surface area (Å²) in [4.78, 5) is 18.8. The lowest BCUT2D eigenvalue weighted by molar-refractivity contribution is 0.140. The van der Waals surface area contributed by atoms with Gasteiger partial charge in [-0.1, -0.05) is 6.07 Å². The minimum absolute atomic E-state index is 0.0168.